The van der Waals surface area contributed by atoms with Gasteiger partial charge in [-0.05, 0) is 35.9 Å². The third-order valence-electron chi connectivity index (χ3n) is 2.89. The van der Waals surface area contributed by atoms with E-state index in [9.17, 15) is 14.0 Å². The van der Waals surface area contributed by atoms with Crippen LogP contribution in [-0.2, 0) is 11.2 Å². The smallest absolute Gasteiger partial charge is 0.251 e. The normalized spacial score (nSPS) is 10.0. The van der Waals surface area contributed by atoms with Crippen LogP contribution < -0.4 is 10.6 Å². The van der Waals surface area contributed by atoms with Gasteiger partial charge in [-0.2, -0.15) is 0 Å². The highest BCUT2D eigenvalue weighted by Crippen LogP contribution is 2.12. The van der Waals surface area contributed by atoms with E-state index in [1.54, 1.807) is 36.4 Å². The Balaban J connectivity index is 2.04. The molecule has 2 aromatic carbocycles. The lowest BCUT2D eigenvalue weighted by molar-refractivity contribution is -0.115. The summed E-state index contributed by atoms with van der Waals surface area (Å²) in [5.41, 5.74) is 1.58. The van der Waals surface area contributed by atoms with Gasteiger partial charge in [0.2, 0.25) is 5.91 Å². The summed E-state index contributed by atoms with van der Waals surface area (Å²) in [5, 5.41) is 5.20. The lowest BCUT2D eigenvalue weighted by Gasteiger charge is -2.07. The van der Waals surface area contributed by atoms with Gasteiger partial charge in [-0.15, -0.1) is 0 Å². The predicted molar refractivity (Wildman–Crippen MR) is 78.6 cm³/mol. The molecule has 0 radical (unpaired) electrons. The lowest BCUT2D eigenvalue weighted by atomic mass is 10.1. The molecule has 2 rings (SSSR count). The number of nitrogens with one attached hydrogen (secondary N) is 2. The molecule has 108 valence electrons. The molecule has 0 aromatic heterocycles. The lowest BCUT2D eigenvalue weighted by Crippen LogP contribution is -2.19. The minimum absolute atomic E-state index is 0.0714. The summed E-state index contributed by atoms with van der Waals surface area (Å²) >= 11 is 0. The van der Waals surface area contributed by atoms with E-state index in [0.29, 0.717) is 16.8 Å². The van der Waals surface area contributed by atoms with Crippen LogP contribution in [0, 0.1) is 5.82 Å². The average Bonchev–Trinajstić information content (AvgIpc) is 2.46. The quantitative estimate of drug-likeness (QED) is 0.906. The molecule has 0 unspecified atom stereocenters. The fourth-order valence-corrected chi connectivity index (χ4v) is 1.92. The number of carbonyl (C=O) groups is 2. The fourth-order valence-electron chi connectivity index (χ4n) is 1.92. The number of halogens is 1. The van der Waals surface area contributed by atoms with Crippen molar-refractivity contribution in [2.45, 2.75) is 6.42 Å². The van der Waals surface area contributed by atoms with Gasteiger partial charge in [-0.3, -0.25) is 9.59 Å². The van der Waals surface area contributed by atoms with Gasteiger partial charge < -0.3 is 10.6 Å². The Labute approximate surface area is 122 Å². The molecule has 0 heterocycles. The van der Waals surface area contributed by atoms with E-state index in [1.165, 1.54) is 19.2 Å². The molecule has 2 aromatic rings. The van der Waals surface area contributed by atoms with Gasteiger partial charge in [0, 0.05) is 18.3 Å². The van der Waals surface area contributed by atoms with Crippen molar-refractivity contribution in [2.75, 3.05) is 12.4 Å². The maximum Gasteiger partial charge on any atom is 0.251 e. The van der Waals surface area contributed by atoms with Gasteiger partial charge in [-0.1, -0.05) is 18.2 Å². The molecule has 0 aliphatic carbocycles. The summed E-state index contributed by atoms with van der Waals surface area (Å²) < 4.78 is 13.0. The highest BCUT2D eigenvalue weighted by Gasteiger charge is 2.07. The van der Waals surface area contributed by atoms with Crippen molar-refractivity contribution >= 4 is 17.5 Å². The van der Waals surface area contributed by atoms with Crippen molar-refractivity contribution < 1.29 is 14.0 Å². The highest BCUT2D eigenvalue weighted by molar-refractivity contribution is 5.97. The number of carbonyl (C=O) groups excluding carboxylic acids is 2. The first kappa shape index (κ1) is 14.7. The minimum atomic E-state index is -0.373. The second-order valence-corrected chi connectivity index (χ2v) is 4.51. The van der Waals surface area contributed by atoms with Gasteiger partial charge >= 0.3 is 0 Å². The van der Waals surface area contributed by atoms with Gasteiger partial charge in [0.1, 0.15) is 5.82 Å². The topological polar surface area (TPSA) is 58.2 Å². The summed E-state index contributed by atoms with van der Waals surface area (Å²) in [7, 11) is 1.54. The van der Waals surface area contributed by atoms with Crippen LogP contribution in [0.4, 0.5) is 10.1 Å². The third kappa shape index (κ3) is 4.14. The van der Waals surface area contributed by atoms with Crippen molar-refractivity contribution in [3.8, 4) is 0 Å². The van der Waals surface area contributed by atoms with Crippen LogP contribution in [0.5, 0.6) is 0 Å². The van der Waals surface area contributed by atoms with Gasteiger partial charge in [-0.25, -0.2) is 4.39 Å². The number of hydrogen-bond acceptors (Lipinski definition) is 2. The van der Waals surface area contributed by atoms with Crippen molar-refractivity contribution in [3.63, 3.8) is 0 Å². The Morgan fingerprint density at radius 3 is 2.57 bits per heavy atom. The van der Waals surface area contributed by atoms with E-state index in [1.807, 2.05) is 0 Å². The second kappa shape index (κ2) is 6.65. The Morgan fingerprint density at radius 2 is 1.86 bits per heavy atom. The van der Waals surface area contributed by atoms with Crippen LogP contribution >= 0.6 is 0 Å². The molecular weight excluding hydrogens is 271 g/mol. The molecular formula is C16H15FN2O2. The molecule has 0 saturated carbocycles. The Morgan fingerprint density at radius 1 is 1.10 bits per heavy atom. The molecule has 0 aliphatic heterocycles. The van der Waals surface area contributed by atoms with Crippen LogP contribution in [0.2, 0.25) is 0 Å². The Kier molecular flexibility index (Phi) is 4.66. The van der Waals surface area contributed by atoms with Gasteiger partial charge in [0.15, 0.2) is 0 Å². The number of anilines is 1. The standard InChI is InChI=1S/C16H15FN2O2/c1-18-16(21)12-5-3-7-14(10-12)19-15(20)9-11-4-2-6-13(17)8-11/h2-8,10H,9H2,1H3,(H,18,21)(H,19,20). The summed E-state index contributed by atoms with van der Waals surface area (Å²) in [6.07, 6.45) is 0.0714. The molecule has 2 amide bonds. The molecule has 0 atom stereocenters. The first-order valence-corrected chi connectivity index (χ1v) is 6.45. The minimum Gasteiger partial charge on any atom is -0.355 e. The van der Waals surface area contributed by atoms with Crippen LogP contribution in [0.3, 0.4) is 0 Å². The summed E-state index contributed by atoms with van der Waals surface area (Å²) in [6, 6.07) is 12.5. The second-order valence-electron chi connectivity index (χ2n) is 4.51. The molecule has 0 saturated heterocycles. The molecule has 0 bridgehead atoms. The Bertz CT molecular complexity index is 671. The zero-order chi connectivity index (χ0) is 15.2. The molecule has 0 spiro atoms. The average molecular weight is 286 g/mol. The molecule has 5 heteroatoms. The van der Waals surface area contributed by atoms with E-state index < -0.39 is 0 Å². The molecule has 2 N–H and O–H groups in total. The first-order chi connectivity index (χ1) is 10.1. The largest absolute Gasteiger partial charge is 0.355 e. The third-order valence-corrected chi connectivity index (χ3v) is 2.89. The van der Waals surface area contributed by atoms with Crippen molar-refractivity contribution in [1.29, 1.82) is 0 Å². The van der Waals surface area contributed by atoms with E-state index in [0.717, 1.165) is 0 Å². The van der Waals surface area contributed by atoms with E-state index >= 15 is 0 Å². The maximum absolute atomic E-state index is 13.0. The predicted octanol–water partition coefficient (Wildman–Crippen LogP) is 2.37. The van der Waals surface area contributed by atoms with Crippen LogP contribution in [-0.4, -0.2) is 18.9 Å². The zero-order valence-corrected chi connectivity index (χ0v) is 11.5. The molecule has 0 aliphatic rings. The van der Waals surface area contributed by atoms with E-state index in [2.05, 4.69) is 10.6 Å². The van der Waals surface area contributed by atoms with Crippen molar-refractivity contribution in [3.05, 3.63) is 65.5 Å². The van der Waals surface area contributed by atoms with Crippen LogP contribution in [0.1, 0.15) is 15.9 Å². The first-order valence-electron chi connectivity index (χ1n) is 6.45. The van der Waals surface area contributed by atoms with Crippen molar-refractivity contribution in [2.24, 2.45) is 0 Å². The van der Waals surface area contributed by atoms with E-state index in [-0.39, 0.29) is 24.1 Å². The molecule has 0 fully saturated rings. The zero-order valence-electron chi connectivity index (χ0n) is 11.5. The molecule has 21 heavy (non-hydrogen) atoms. The summed E-state index contributed by atoms with van der Waals surface area (Å²) in [4.78, 5) is 23.4. The number of rotatable bonds is 4. The molecule has 4 nitrogen and oxygen atoms in total. The van der Waals surface area contributed by atoms with Crippen molar-refractivity contribution in [1.82, 2.24) is 5.32 Å². The Hall–Kier alpha value is -2.69. The van der Waals surface area contributed by atoms with Crippen LogP contribution in [0.15, 0.2) is 48.5 Å². The maximum atomic E-state index is 13.0. The number of amides is 2. The van der Waals surface area contributed by atoms with Gasteiger partial charge in [0.25, 0.3) is 5.91 Å². The number of hydrogen-bond donors (Lipinski definition) is 2. The monoisotopic (exact) mass is 286 g/mol. The number of benzene rings is 2. The van der Waals surface area contributed by atoms with Gasteiger partial charge in [0.05, 0.1) is 6.42 Å². The highest BCUT2D eigenvalue weighted by atomic mass is 19.1. The summed E-state index contributed by atoms with van der Waals surface area (Å²) in [5.74, 6) is -0.868. The fraction of sp³-hybridized carbons (Fsp3) is 0.125. The SMILES string of the molecule is CNC(=O)c1cccc(NC(=O)Cc2cccc(F)c2)c1. The summed E-state index contributed by atoms with van der Waals surface area (Å²) in [6.45, 7) is 0. The van der Waals surface area contributed by atoms with E-state index in [4.69, 9.17) is 0 Å². The van der Waals surface area contributed by atoms with Crippen LogP contribution in [0.25, 0.3) is 0 Å².